The Hall–Kier alpha value is -1.48. The van der Waals surface area contributed by atoms with Gasteiger partial charge in [-0.1, -0.05) is 12.1 Å². The van der Waals surface area contributed by atoms with E-state index in [4.69, 9.17) is 4.55 Å². The van der Waals surface area contributed by atoms with Gasteiger partial charge in [-0.25, -0.2) is 9.25 Å². The first-order chi connectivity index (χ1) is 7.88. The van der Waals surface area contributed by atoms with E-state index in [1.165, 1.54) is 12.1 Å². The van der Waals surface area contributed by atoms with Gasteiger partial charge < -0.3 is 0 Å². The van der Waals surface area contributed by atoms with Crippen LogP contribution in [-0.2, 0) is 14.6 Å². The molecule has 0 aliphatic carbocycles. The zero-order valence-corrected chi connectivity index (χ0v) is 9.29. The van der Waals surface area contributed by atoms with Crippen molar-refractivity contribution in [2.45, 2.75) is 12.6 Å². The van der Waals surface area contributed by atoms with Crippen LogP contribution in [0.4, 0.5) is 5.69 Å². The summed E-state index contributed by atoms with van der Waals surface area (Å²) in [6.07, 6.45) is -1.82. The maximum absolute atomic E-state index is 11.6. The van der Waals surface area contributed by atoms with Gasteiger partial charge in [0.15, 0.2) is 12.0 Å². The molecule has 1 heterocycles. The standard InChI is InChI=1S/C9H9NO6S/c11-8-5-9(16-17(13,14)15)10(12)7-4-2-1-3-6(7)8/h1-4,9,12H,5H2,(H,13,14,15). The van der Waals surface area contributed by atoms with E-state index in [2.05, 4.69) is 4.18 Å². The number of hydrogen-bond acceptors (Lipinski definition) is 6. The van der Waals surface area contributed by atoms with Crippen molar-refractivity contribution in [2.75, 3.05) is 5.06 Å². The third-order valence-electron chi connectivity index (χ3n) is 2.32. The maximum Gasteiger partial charge on any atom is 0.399 e. The summed E-state index contributed by atoms with van der Waals surface area (Å²) in [4.78, 5) is 11.6. The van der Waals surface area contributed by atoms with Crippen LogP contribution in [0.25, 0.3) is 0 Å². The van der Waals surface area contributed by atoms with E-state index in [0.717, 1.165) is 0 Å². The Balaban J connectivity index is 2.36. The molecule has 8 heteroatoms. The molecule has 1 aromatic rings. The van der Waals surface area contributed by atoms with Crippen molar-refractivity contribution in [3.63, 3.8) is 0 Å². The molecule has 0 amide bonds. The van der Waals surface area contributed by atoms with Gasteiger partial charge in [-0.3, -0.25) is 14.6 Å². The Kier molecular flexibility index (Phi) is 2.87. The molecule has 0 bridgehead atoms. The average molecular weight is 259 g/mol. The summed E-state index contributed by atoms with van der Waals surface area (Å²) in [6, 6.07) is 6.14. The van der Waals surface area contributed by atoms with E-state index in [0.29, 0.717) is 5.06 Å². The van der Waals surface area contributed by atoms with Gasteiger partial charge in [-0.15, -0.1) is 0 Å². The van der Waals surface area contributed by atoms with E-state index in [1.54, 1.807) is 12.1 Å². The monoisotopic (exact) mass is 259 g/mol. The zero-order valence-electron chi connectivity index (χ0n) is 8.48. The normalized spacial score (nSPS) is 20.2. The molecular formula is C9H9NO6S. The van der Waals surface area contributed by atoms with Gasteiger partial charge in [0.05, 0.1) is 12.1 Å². The van der Waals surface area contributed by atoms with E-state index in [1.807, 2.05) is 0 Å². The molecule has 1 unspecified atom stereocenters. The van der Waals surface area contributed by atoms with E-state index in [-0.39, 0.29) is 23.5 Å². The van der Waals surface area contributed by atoms with Crippen LogP contribution in [0.15, 0.2) is 24.3 Å². The van der Waals surface area contributed by atoms with Crippen molar-refractivity contribution >= 4 is 21.9 Å². The zero-order chi connectivity index (χ0) is 12.6. The van der Waals surface area contributed by atoms with Crippen LogP contribution in [0.2, 0.25) is 0 Å². The van der Waals surface area contributed by atoms with Gasteiger partial charge in [-0.2, -0.15) is 8.42 Å². The van der Waals surface area contributed by atoms with Gasteiger partial charge in [0.25, 0.3) is 0 Å². The van der Waals surface area contributed by atoms with Crippen molar-refractivity contribution in [3.05, 3.63) is 29.8 Å². The second-order valence-electron chi connectivity index (χ2n) is 3.47. The molecule has 17 heavy (non-hydrogen) atoms. The van der Waals surface area contributed by atoms with Crippen molar-refractivity contribution in [2.24, 2.45) is 0 Å². The molecule has 92 valence electrons. The lowest BCUT2D eigenvalue weighted by molar-refractivity contribution is 0.0576. The minimum Gasteiger partial charge on any atom is -0.294 e. The largest absolute Gasteiger partial charge is 0.399 e. The molecule has 0 spiro atoms. The van der Waals surface area contributed by atoms with Crippen LogP contribution >= 0.6 is 0 Å². The molecular weight excluding hydrogens is 250 g/mol. The lowest BCUT2D eigenvalue weighted by Gasteiger charge is -2.31. The molecule has 1 atom stereocenters. The van der Waals surface area contributed by atoms with E-state index >= 15 is 0 Å². The highest BCUT2D eigenvalue weighted by Gasteiger charge is 2.34. The van der Waals surface area contributed by atoms with Crippen molar-refractivity contribution in [3.8, 4) is 0 Å². The predicted molar refractivity (Wildman–Crippen MR) is 56.1 cm³/mol. The van der Waals surface area contributed by atoms with Gasteiger partial charge in [0, 0.05) is 5.56 Å². The van der Waals surface area contributed by atoms with E-state index in [9.17, 15) is 18.4 Å². The molecule has 0 saturated heterocycles. The third-order valence-corrected chi connectivity index (χ3v) is 2.78. The summed E-state index contributed by atoms with van der Waals surface area (Å²) in [6.45, 7) is 0. The van der Waals surface area contributed by atoms with Crippen LogP contribution < -0.4 is 5.06 Å². The molecule has 0 aromatic heterocycles. The average Bonchev–Trinajstić information content (AvgIpc) is 2.24. The summed E-state index contributed by atoms with van der Waals surface area (Å²) >= 11 is 0. The van der Waals surface area contributed by atoms with Gasteiger partial charge in [0.2, 0.25) is 0 Å². The summed E-state index contributed by atoms with van der Waals surface area (Å²) in [5.41, 5.74) is 0.405. The molecule has 1 aromatic carbocycles. The Bertz CT molecular complexity index is 554. The van der Waals surface area contributed by atoms with Gasteiger partial charge >= 0.3 is 10.4 Å². The number of carbonyl (C=O) groups excluding carboxylic acids is 1. The van der Waals surface area contributed by atoms with Gasteiger partial charge in [0.1, 0.15) is 0 Å². The summed E-state index contributed by atoms with van der Waals surface area (Å²) < 4.78 is 33.8. The summed E-state index contributed by atoms with van der Waals surface area (Å²) in [5, 5.41) is 10.2. The number of fused-ring (bicyclic) bond motifs is 1. The van der Waals surface area contributed by atoms with E-state index < -0.39 is 16.6 Å². The lowest BCUT2D eigenvalue weighted by atomic mass is 10.0. The smallest absolute Gasteiger partial charge is 0.294 e. The van der Waals surface area contributed by atoms with Crippen molar-refractivity contribution in [1.29, 1.82) is 0 Å². The Morgan fingerprint density at radius 2 is 2.00 bits per heavy atom. The quantitative estimate of drug-likeness (QED) is 0.750. The number of carbonyl (C=O) groups is 1. The summed E-state index contributed by atoms with van der Waals surface area (Å²) in [5.74, 6) is -0.375. The Labute approximate surface area is 97.1 Å². The minimum absolute atomic E-state index is 0.136. The fourth-order valence-electron chi connectivity index (χ4n) is 1.63. The molecule has 2 rings (SSSR count). The first-order valence-corrected chi connectivity index (χ1v) is 6.01. The number of hydroxylamine groups is 1. The van der Waals surface area contributed by atoms with Crippen LogP contribution in [0.5, 0.6) is 0 Å². The summed E-state index contributed by atoms with van der Waals surface area (Å²) in [7, 11) is -4.74. The Morgan fingerprint density at radius 3 is 2.65 bits per heavy atom. The number of rotatable bonds is 2. The number of para-hydroxylation sites is 1. The number of hydrogen-bond donors (Lipinski definition) is 2. The number of benzene rings is 1. The van der Waals surface area contributed by atoms with Crippen molar-refractivity contribution in [1.82, 2.24) is 0 Å². The fourth-order valence-corrected chi connectivity index (χ4v) is 2.06. The second kappa shape index (κ2) is 4.08. The maximum atomic E-state index is 11.6. The molecule has 0 radical (unpaired) electrons. The van der Waals surface area contributed by atoms with Crippen LogP contribution in [0, 0.1) is 0 Å². The second-order valence-corrected chi connectivity index (χ2v) is 4.52. The number of anilines is 1. The molecule has 2 N–H and O–H groups in total. The number of ketones is 1. The van der Waals surface area contributed by atoms with Crippen LogP contribution in [-0.4, -0.2) is 30.2 Å². The molecule has 0 fully saturated rings. The Morgan fingerprint density at radius 1 is 1.35 bits per heavy atom. The highest BCUT2D eigenvalue weighted by atomic mass is 32.3. The van der Waals surface area contributed by atoms with Gasteiger partial charge in [-0.05, 0) is 12.1 Å². The predicted octanol–water partition coefficient (Wildman–Crippen LogP) is 0.614. The highest BCUT2D eigenvalue weighted by molar-refractivity contribution is 7.80. The molecule has 7 nitrogen and oxygen atoms in total. The van der Waals surface area contributed by atoms with Crippen LogP contribution in [0.3, 0.4) is 0 Å². The minimum atomic E-state index is -4.74. The topological polar surface area (TPSA) is 104 Å². The first-order valence-electron chi connectivity index (χ1n) is 4.64. The number of nitrogens with zero attached hydrogens (tertiary/aromatic N) is 1. The molecule has 0 saturated carbocycles. The number of Topliss-reactive ketones (excluding diaryl/α,β-unsaturated/α-hetero) is 1. The highest BCUT2D eigenvalue weighted by Crippen LogP contribution is 2.29. The lowest BCUT2D eigenvalue weighted by Crippen LogP contribution is -2.42. The van der Waals surface area contributed by atoms with Crippen LogP contribution in [0.1, 0.15) is 16.8 Å². The first kappa shape index (κ1) is 12.0. The fraction of sp³-hybridized carbons (Fsp3) is 0.222. The van der Waals surface area contributed by atoms with Crippen molar-refractivity contribution < 1.29 is 27.2 Å². The molecule has 1 aliphatic rings. The molecule has 1 aliphatic heterocycles. The third kappa shape index (κ3) is 2.44. The SMILES string of the molecule is O=C1CC(OS(=O)(=O)O)N(O)c2ccccc21.